The first-order valence-electron chi connectivity index (χ1n) is 7.79. The minimum atomic E-state index is -0.542. The molecule has 0 saturated carbocycles. The van der Waals surface area contributed by atoms with E-state index in [1.807, 2.05) is 0 Å². The molecule has 0 radical (unpaired) electrons. The number of hydrogen-bond donors (Lipinski definition) is 2. The van der Waals surface area contributed by atoms with Gasteiger partial charge in [-0.15, -0.1) is 0 Å². The minimum absolute atomic E-state index is 0.255. The fourth-order valence-electron chi connectivity index (χ4n) is 2.57. The van der Waals surface area contributed by atoms with Gasteiger partial charge in [0.2, 0.25) is 0 Å². The highest BCUT2D eigenvalue weighted by Crippen LogP contribution is 2.40. The van der Waals surface area contributed by atoms with Crippen molar-refractivity contribution in [2.75, 3.05) is 13.7 Å². The molecular formula is C17H19BrN2O5S. The van der Waals surface area contributed by atoms with Gasteiger partial charge in [0.1, 0.15) is 0 Å². The van der Waals surface area contributed by atoms with E-state index in [1.54, 1.807) is 26.0 Å². The molecule has 140 valence electrons. The number of hydrogen-bond acceptors (Lipinski definition) is 6. The number of allylic oxidation sites excluding steroid dienone is 1. The molecule has 1 aromatic carbocycles. The Kier molecular flexibility index (Phi) is 6.60. The maximum absolute atomic E-state index is 12.4. The van der Waals surface area contributed by atoms with E-state index in [4.69, 9.17) is 26.4 Å². The van der Waals surface area contributed by atoms with Crippen molar-refractivity contribution < 1.29 is 23.8 Å². The summed E-state index contributed by atoms with van der Waals surface area (Å²) in [6.45, 7) is 5.05. The molecule has 0 saturated heterocycles. The molecule has 26 heavy (non-hydrogen) atoms. The van der Waals surface area contributed by atoms with E-state index >= 15 is 0 Å². The van der Waals surface area contributed by atoms with Crippen LogP contribution in [0.3, 0.4) is 0 Å². The summed E-state index contributed by atoms with van der Waals surface area (Å²) in [5, 5.41) is 6.39. The zero-order valence-electron chi connectivity index (χ0n) is 14.8. The lowest BCUT2D eigenvalue weighted by Gasteiger charge is -2.30. The van der Waals surface area contributed by atoms with Crippen LogP contribution in [-0.4, -0.2) is 30.8 Å². The Morgan fingerprint density at radius 2 is 2.04 bits per heavy atom. The highest BCUT2D eigenvalue weighted by molar-refractivity contribution is 9.10. The highest BCUT2D eigenvalue weighted by atomic mass is 79.9. The number of carbonyl (C=O) groups is 2. The van der Waals surface area contributed by atoms with Crippen LogP contribution >= 0.6 is 28.1 Å². The van der Waals surface area contributed by atoms with Crippen LogP contribution in [-0.2, 0) is 14.3 Å². The lowest BCUT2D eigenvalue weighted by Crippen LogP contribution is -2.45. The summed E-state index contributed by atoms with van der Waals surface area (Å²) in [7, 11) is 1.46. The van der Waals surface area contributed by atoms with Gasteiger partial charge >= 0.3 is 11.9 Å². The highest BCUT2D eigenvalue weighted by Gasteiger charge is 2.32. The zero-order valence-corrected chi connectivity index (χ0v) is 17.2. The molecule has 0 fully saturated rings. The van der Waals surface area contributed by atoms with Crippen molar-refractivity contribution >= 4 is 45.2 Å². The molecule has 0 spiro atoms. The summed E-state index contributed by atoms with van der Waals surface area (Å²) >= 11 is 8.61. The molecule has 2 N–H and O–H groups in total. The number of methoxy groups -OCH3 is 1. The Morgan fingerprint density at radius 3 is 2.62 bits per heavy atom. The second kappa shape index (κ2) is 8.50. The molecule has 1 heterocycles. The summed E-state index contributed by atoms with van der Waals surface area (Å²) in [6.07, 6.45) is 0. The minimum Gasteiger partial charge on any atom is -0.493 e. The number of rotatable bonds is 5. The van der Waals surface area contributed by atoms with E-state index < -0.39 is 18.0 Å². The van der Waals surface area contributed by atoms with Gasteiger partial charge in [-0.2, -0.15) is 0 Å². The van der Waals surface area contributed by atoms with Crippen LogP contribution in [0.5, 0.6) is 11.5 Å². The molecule has 7 nitrogen and oxygen atoms in total. The molecule has 0 bridgehead atoms. The third-order valence-corrected chi connectivity index (χ3v) is 4.40. The van der Waals surface area contributed by atoms with Crippen molar-refractivity contribution in [3.63, 3.8) is 0 Å². The van der Waals surface area contributed by atoms with Gasteiger partial charge in [0.25, 0.3) is 0 Å². The van der Waals surface area contributed by atoms with Crippen LogP contribution in [0.4, 0.5) is 0 Å². The molecule has 9 heteroatoms. The first kappa shape index (κ1) is 20.2. The summed E-state index contributed by atoms with van der Waals surface area (Å²) in [6, 6.07) is 2.87. The van der Waals surface area contributed by atoms with Crippen molar-refractivity contribution in [3.05, 3.63) is 33.4 Å². The molecule has 1 aliphatic heterocycles. The summed E-state index contributed by atoms with van der Waals surface area (Å²) in [5.74, 6) is -0.312. The fourth-order valence-corrected chi connectivity index (χ4v) is 3.38. The average Bonchev–Trinajstić information content (AvgIpc) is 2.55. The molecular weight excluding hydrogens is 424 g/mol. The molecule has 1 atom stereocenters. The fraction of sp³-hybridized carbons (Fsp3) is 0.353. The van der Waals surface area contributed by atoms with E-state index in [9.17, 15) is 9.59 Å². The van der Waals surface area contributed by atoms with E-state index in [0.717, 1.165) is 0 Å². The average molecular weight is 443 g/mol. The van der Waals surface area contributed by atoms with Crippen molar-refractivity contribution in [1.82, 2.24) is 10.6 Å². The topological polar surface area (TPSA) is 85.9 Å². The van der Waals surface area contributed by atoms with Crippen molar-refractivity contribution in [1.29, 1.82) is 0 Å². The maximum Gasteiger partial charge on any atom is 0.338 e. The third kappa shape index (κ3) is 4.34. The molecule has 2 rings (SSSR count). The third-order valence-electron chi connectivity index (χ3n) is 3.60. The van der Waals surface area contributed by atoms with Gasteiger partial charge < -0.3 is 24.8 Å². The first-order chi connectivity index (χ1) is 12.3. The van der Waals surface area contributed by atoms with E-state index in [-0.39, 0.29) is 12.4 Å². The van der Waals surface area contributed by atoms with E-state index in [0.29, 0.717) is 32.2 Å². The lowest BCUT2D eigenvalue weighted by molar-refractivity contribution is -0.139. The Bertz CT molecular complexity index is 794. The number of benzene rings is 1. The monoisotopic (exact) mass is 442 g/mol. The van der Waals surface area contributed by atoms with Crippen LogP contribution < -0.4 is 20.1 Å². The van der Waals surface area contributed by atoms with Crippen LogP contribution in [0.1, 0.15) is 32.4 Å². The molecule has 1 aromatic rings. The largest absolute Gasteiger partial charge is 0.493 e. The van der Waals surface area contributed by atoms with Crippen molar-refractivity contribution in [2.24, 2.45) is 0 Å². The predicted octanol–water partition coefficient (Wildman–Crippen LogP) is 2.74. The van der Waals surface area contributed by atoms with Crippen LogP contribution in [0.2, 0.25) is 0 Å². The standard InChI is InChI=1S/C17H19BrN2O5S/c1-5-24-16(22)13-8(2)19-17(26)20-14(13)10-6-11(18)15(25-9(3)21)12(7-10)23-4/h6-7,14H,5H2,1-4H3,(H2,19,20,26)/t14-/m0/s1. The van der Waals surface area contributed by atoms with Gasteiger partial charge in [-0.05, 0) is 59.7 Å². The molecule has 0 unspecified atom stereocenters. The predicted molar refractivity (Wildman–Crippen MR) is 103 cm³/mol. The quantitative estimate of drug-likeness (QED) is 0.408. The van der Waals surface area contributed by atoms with Gasteiger partial charge in [-0.1, -0.05) is 0 Å². The van der Waals surface area contributed by atoms with Gasteiger partial charge in [0.15, 0.2) is 16.6 Å². The summed E-state index contributed by atoms with van der Waals surface area (Å²) in [5.41, 5.74) is 1.71. The number of esters is 2. The van der Waals surface area contributed by atoms with Crippen molar-refractivity contribution in [3.8, 4) is 11.5 Å². The van der Waals surface area contributed by atoms with Crippen LogP contribution in [0.25, 0.3) is 0 Å². The Morgan fingerprint density at radius 1 is 1.35 bits per heavy atom. The number of halogens is 1. The normalized spacial score (nSPS) is 16.5. The second-order valence-electron chi connectivity index (χ2n) is 5.42. The zero-order chi connectivity index (χ0) is 19.4. The SMILES string of the molecule is CCOC(=O)C1=C(C)NC(=S)N[C@H]1c1cc(Br)c(OC(C)=O)c(OC)c1. The second-order valence-corrected chi connectivity index (χ2v) is 6.68. The molecule has 1 aliphatic rings. The Balaban J connectivity index is 2.55. The molecule has 0 amide bonds. The van der Waals surface area contributed by atoms with Crippen molar-refractivity contribution in [2.45, 2.75) is 26.8 Å². The van der Waals surface area contributed by atoms with Gasteiger partial charge in [-0.3, -0.25) is 4.79 Å². The lowest BCUT2D eigenvalue weighted by atomic mass is 9.95. The Hall–Kier alpha value is -2.13. The number of carbonyl (C=O) groups excluding carboxylic acids is 2. The van der Waals surface area contributed by atoms with Crippen LogP contribution in [0, 0.1) is 0 Å². The Labute approximate surface area is 165 Å². The van der Waals surface area contributed by atoms with Crippen LogP contribution in [0.15, 0.2) is 27.9 Å². The number of nitrogens with one attached hydrogen (secondary N) is 2. The molecule has 0 aliphatic carbocycles. The van der Waals surface area contributed by atoms with Gasteiger partial charge in [0.05, 0.1) is 29.8 Å². The summed E-state index contributed by atoms with van der Waals surface area (Å²) in [4.78, 5) is 23.7. The maximum atomic E-state index is 12.4. The number of thiocarbonyl (C=S) groups is 1. The smallest absolute Gasteiger partial charge is 0.338 e. The van der Waals surface area contributed by atoms with E-state index in [1.165, 1.54) is 14.0 Å². The number of ether oxygens (including phenoxy) is 3. The summed E-state index contributed by atoms with van der Waals surface area (Å²) < 4.78 is 16.2. The molecule has 0 aromatic heterocycles. The van der Waals surface area contributed by atoms with E-state index in [2.05, 4.69) is 26.6 Å². The first-order valence-corrected chi connectivity index (χ1v) is 8.99. The van der Waals surface area contributed by atoms with Gasteiger partial charge in [0, 0.05) is 12.6 Å². The van der Waals surface area contributed by atoms with Gasteiger partial charge in [-0.25, -0.2) is 4.79 Å².